The topological polar surface area (TPSA) is 92.2 Å². The molecule has 1 aromatic heterocycles. The van der Waals surface area contributed by atoms with Crippen molar-refractivity contribution >= 4 is 17.5 Å². The van der Waals surface area contributed by atoms with Crippen LogP contribution < -0.4 is 15.5 Å². The van der Waals surface area contributed by atoms with Gasteiger partial charge in [0.15, 0.2) is 0 Å². The number of aromatic nitrogens is 3. The van der Waals surface area contributed by atoms with Crippen molar-refractivity contribution in [1.82, 2.24) is 25.4 Å². The van der Waals surface area contributed by atoms with Gasteiger partial charge >= 0.3 is 0 Å². The Morgan fingerprint density at radius 2 is 2.17 bits per heavy atom. The van der Waals surface area contributed by atoms with Gasteiger partial charge < -0.3 is 15.5 Å². The number of amides is 2. The fourth-order valence-electron chi connectivity index (χ4n) is 2.56. The van der Waals surface area contributed by atoms with Crippen LogP contribution in [0.1, 0.15) is 18.5 Å². The molecule has 1 fully saturated rings. The zero-order valence-electron chi connectivity index (χ0n) is 13.5. The zero-order chi connectivity index (χ0) is 16.9. The number of nitrogens with zero attached hydrogens (tertiary/aromatic N) is 4. The molecule has 2 aromatic rings. The van der Waals surface area contributed by atoms with E-state index in [1.807, 2.05) is 29.2 Å². The number of hydrogen-bond acceptors (Lipinski definition) is 5. The molecule has 3 rings (SSSR count). The van der Waals surface area contributed by atoms with Crippen molar-refractivity contribution in [3.8, 4) is 0 Å². The minimum Gasteiger partial charge on any atom is -0.360 e. The molecule has 0 aliphatic carbocycles. The fourth-order valence-corrected chi connectivity index (χ4v) is 2.56. The SMILES string of the molecule is C[C@H](C(=O)NCc1ccc(N2CCNC(=O)C2)cc1)n1cncn1. The van der Waals surface area contributed by atoms with E-state index in [9.17, 15) is 9.59 Å². The maximum Gasteiger partial charge on any atom is 0.244 e. The smallest absolute Gasteiger partial charge is 0.244 e. The summed E-state index contributed by atoms with van der Waals surface area (Å²) in [5.41, 5.74) is 2.01. The van der Waals surface area contributed by atoms with E-state index in [4.69, 9.17) is 0 Å². The summed E-state index contributed by atoms with van der Waals surface area (Å²) >= 11 is 0. The van der Waals surface area contributed by atoms with Gasteiger partial charge in [0.1, 0.15) is 18.7 Å². The minimum atomic E-state index is -0.404. The van der Waals surface area contributed by atoms with Crippen molar-refractivity contribution in [3.05, 3.63) is 42.5 Å². The number of rotatable bonds is 5. The molecular weight excluding hydrogens is 308 g/mol. The van der Waals surface area contributed by atoms with Gasteiger partial charge in [0.2, 0.25) is 11.8 Å². The molecule has 1 atom stereocenters. The van der Waals surface area contributed by atoms with Gasteiger partial charge in [-0.2, -0.15) is 5.10 Å². The quantitative estimate of drug-likeness (QED) is 0.812. The van der Waals surface area contributed by atoms with Gasteiger partial charge in [-0.05, 0) is 24.6 Å². The summed E-state index contributed by atoms with van der Waals surface area (Å²) in [7, 11) is 0. The Labute approximate surface area is 139 Å². The lowest BCUT2D eigenvalue weighted by atomic mass is 10.1. The van der Waals surface area contributed by atoms with Crippen molar-refractivity contribution in [2.24, 2.45) is 0 Å². The van der Waals surface area contributed by atoms with E-state index in [1.54, 1.807) is 6.92 Å². The average Bonchev–Trinajstić information content (AvgIpc) is 3.14. The number of carbonyl (C=O) groups excluding carboxylic acids is 2. The van der Waals surface area contributed by atoms with Gasteiger partial charge in [-0.1, -0.05) is 12.1 Å². The van der Waals surface area contributed by atoms with Gasteiger partial charge in [0.05, 0.1) is 6.54 Å². The van der Waals surface area contributed by atoms with Crippen LogP contribution >= 0.6 is 0 Å². The summed E-state index contributed by atoms with van der Waals surface area (Å²) in [4.78, 5) is 29.4. The Morgan fingerprint density at radius 3 is 2.83 bits per heavy atom. The highest BCUT2D eigenvalue weighted by molar-refractivity contribution is 5.82. The number of carbonyl (C=O) groups is 2. The number of anilines is 1. The molecule has 0 radical (unpaired) electrons. The first-order chi connectivity index (χ1) is 11.6. The van der Waals surface area contributed by atoms with Crippen molar-refractivity contribution in [3.63, 3.8) is 0 Å². The van der Waals surface area contributed by atoms with E-state index >= 15 is 0 Å². The second-order valence-electron chi connectivity index (χ2n) is 5.71. The zero-order valence-corrected chi connectivity index (χ0v) is 13.5. The molecule has 2 N–H and O–H groups in total. The van der Waals surface area contributed by atoms with Crippen molar-refractivity contribution in [2.45, 2.75) is 19.5 Å². The molecule has 126 valence electrons. The lowest BCUT2D eigenvalue weighted by Crippen LogP contribution is -2.47. The van der Waals surface area contributed by atoms with E-state index < -0.39 is 6.04 Å². The minimum absolute atomic E-state index is 0.0414. The van der Waals surface area contributed by atoms with Crippen LogP contribution in [0.15, 0.2) is 36.9 Å². The molecule has 0 bridgehead atoms. The van der Waals surface area contributed by atoms with Crippen LogP contribution in [0.5, 0.6) is 0 Å². The molecule has 8 nitrogen and oxygen atoms in total. The first-order valence-corrected chi connectivity index (χ1v) is 7.86. The van der Waals surface area contributed by atoms with Crippen LogP contribution in [-0.2, 0) is 16.1 Å². The van der Waals surface area contributed by atoms with Gasteiger partial charge in [-0.3, -0.25) is 9.59 Å². The molecule has 1 aromatic carbocycles. The summed E-state index contributed by atoms with van der Waals surface area (Å²) < 4.78 is 1.51. The molecule has 1 aliphatic heterocycles. The number of benzene rings is 1. The van der Waals surface area contributed by atoms with Crippen LogP contribution in [0.4, 0.5) is 5.69 Å². The number of nitrogens with one attached hydrogen (secondary N) is 2. The van der Waals surface area contributed by atoms with E-state index in [0.717, 1.165) is 17.8 Å². The third-order valence-corrected chi connectivity index (χ3v) is 4.02. The first-order valence-electron chi connectivity index (χ1n) is 7.86. The van der Waals surface area contributed by atoms with Crippen molar-refractivity contribution in [2.75, 3.05) is 24.5 Å². The van der Waals surface area contributed by atoms with Crippen molar-refractivity contribution in [1.29, 1.82) is 0 Å². The molecule has 0 saturated carbocycles. The predicted octanol–water partition coefficient (Wildman–Crippen LogP) is 0.0917. The van der Waals surface area contributed by atoms with Gasteiger partial charge in [0, 0.05) is 25.3 Å². The Morgan fingerprint density at radius 1 is 1.38 bits per heavy atom. The third-order valence-electron chi connectivity index (χ3n) is 4.02. The first kappa shape index (κ1) is 16.0. The van der Waals surface area contributed by atoms with Crippen LogP contribution in [0, 0.1) is 0 Å². The van der Waals surface area contributed by atoms with Gasteiger partial charge in [-0.15, -0.1) is 0 Å². The monoisotopic (exact) mass is 328 g/mol. The Hall–Kier alpha value is -2.90. The lowest BCUT2D eigenvalue weighted by molar-refractivity contribution is -0.124. The summed E-state index contributed by atoms with van der Waals surface area (Å²) in [6, 6.07) is 7.46. The largest absolute Gasteiger partial charge is 0.360 e. The number of piperazine rings is 1. The van der Waals surface area contributed by atoms with E-state index in [2.05, 4.69) is 20.7 Å². The van der Waals surface area contributed by atoms with E-state index in [1.165, 1.54) is 17.3 Å². The highest BCUT2D eigenvalue weighted by atomic mass is 16.2. The lowest BCUT2D eigenvalue weighted by Gasteiger charge is -2.28. The molecule has 0 spiro atoms. The Balaban J connectivity index is 1.54. The highest BCUT2D eigenvalue weighted by Crippen LogP contribution is 2.16. The van der Waals surface area contributed by atoms with Crippen LogP contribution in [0.25, 0.3) is 0 Å². The highest BCUT2D eigenvalue weighted by Gasteiger charge is 2.17. The maximum atomic E-state index is 12.1. The molecular formula is C16H20N6O2. The molecule has 1 saturated heterocycles. The van der Waals surface area contributed by atoms with Gasteiger partial charge in [0.25, 0.3) is 0 Å². The van der Waals surface area contributed by atoms with Crippen molar-refractivity contribution < 1.29 is 9.59 Å². The molecule has 24 heavy (non-hydrogen) atoms. The second-order valence-corrected chi connectivity index (χ2v) is 5.71. The normalized spacial score (nSPS) is 15.7. The Kier molecular flexibility index (Phi) is 4.74. The summed E-state index contributed by atoms with van der Waals surface area (Å²) in [6.07, 6.45) is 2.93. The summed E-state index contributed by atoms with van der Waals surface area (Å²) in [6.45, 7) is 4.06. The van der Waals surface area contributed by atoms with Crippen LogP contribution in [0.3, 0.4) is 0 Å². The second kappa shape index (κ2) is 7.12. The predicted molar refractivity (Wildman–Crippen MR) is 88.2 cm³/mol. The fraction of sp³-hybridized carbons (Fsp3) is 0.375. The molecule has 2 heterocycles. The maximum absolute atomic E-state index is 12.1. The van der Waals surface area contributed by atoms with Gasteiger partial charge in [-0.25, -0.2) is 9.67 Å². The number of hydrogen-bond donors (Lipinski definition) is 2. The van der Waals surface area contributed by atoms with Crippen LogP contribution in [0.2, 0.25) is 0 Å². The summed E-state index contributed by atoms with van der Waals surface area (Å²) in [5.74, 6) is -0.0723. The summed E-state index contributed by atoms with van der Waals surface area (Å²) in [5, 5.41) is 9.66. The molecule has 1 aliphatic rings. The Bertz CT molecular complexity index is 698. The molecule has 2 amide bonds. The molecule has 8 heteroatoms. The third kappa shape index (κ3) is 3.70. The molecule has 0 unspecified atom stereocenters. The van der Waals surface area contributed by atoms with Crippen LogP contribution in [-0.4, -0.2) is 46.2 Å². The standard InChI is InChI=1S/C16H20N6O2/c1-12(22-11-17-10-20-22)16(24)19-8-13-2-4-14(5-3-13)21-7-6-18-15(23)9-21/h2-5,10-12H,6-9H2,1H3,(H,18,23)(H,19,24)/t12-/m1/s1. The average molecular weight is 328 g/mol. The van der Waals surface area contributed by atoms with E-state index in [-0.39, 0.29) is 11.8 Å². The van der Waals surface area contributed by atoms with E-state index in [0.29, 0.717) is 19.6 Å².